The Morgan fingerprint density at radius 1 is 1.12 bits per heavy atom. The first-order valence-corrected chi connectivity index (χ1v) is 9.02. The number of halogens is 1. The Kier molecular flexibility index (Phi) is 5.19. The van der Waals surface area contributed by atoms with Crippen molar-refractivity contribution < 1.29 is 5.11 Å². The quantitative estimate of drug-likeness (QED) is 0.720. The molecule has 2 aromatic carbocycles. The van der Waals surface area contributed by atoms with E-state index in [0.717, 1.165) is 21.7 Å². The summed E-state index contributed by atoms with van der Waals surface area (Å²) in [5.74, 6) is 0. The van der Waals surface area contributed by atoms with Gasteiger partial charge >= 0.3 is 0 Å². The molecule has 0 saturated carbocycles. The first-order chi connectivity index (χ1) is 11.6. The molecule has 0 radical (unpaired) electrons. The number of hydrogen-bond acceptors (Lipinski definition) is 3. The number of rotatable bonds is 4. The van der Waals surface area contributed by atoms with Crippen LogP contribution in [-0.4, -0.2) is 16.3 Å². The van der Waals surface area contributed by atoms with Gasteiger partial charge in [0.25, 0.3) is 0 Å². The summed E-state index contributed by atoms with van der Waals surface area (Å²) in [6.07, 6.45) is 0. The summed E-state index contributed by atoms with van der Waals surface area (Å²) in [6.45, 7) is 4.74. The van der Waals surface area contributed by atoms with Crippen LogP contribution in [0.3, 0.4) is 0 Å². The van der Waals surface area contributed by atoms with Gasteiger partial charge in [-0.2, -0.15) is 0 Å². The Bertz CT molecular complexity index is 910. The van der Waals surface area contributed by atoms with E-state index in [4.69, 9.17) is 16.6 Å². The van der Waals surface area contributed by atoms with Crippen LogP contribution in [0.5, 0.6) is 0 Å². The third kappa shape index (κ3) is 3.46. The van der Waals surface area contributed by atoms with Gasteiger partial charge in [-0.05, 0) is 48.7 Å². The third-order valence-electron chi connectivity index (χ3n) is 4.05. The molecule has 0 unspecified atom stereocenters. The van der Waals surface area contributed by atoms with E-state index in [-0.39, 0.29) is 6.61 Å². The average molecular weight is 359 g/mol. The highest BCUT2D eigenvalue weighted by Crippen LogP contribution is 2.24. The van der Waals surface area contributed by atoms with Crippen LogP contribution in [0.25, 0.3) is 11.3 Å². The smallest absolute Gasteiger partial charge is 0.190 e. The second-order valence-corrected chi connectivity index (χ2v) is 6.89. The molecule has 124 valence electrons. The van der Waals surface area contributed by atoms with Crippen LogP contribution in [0, 0.1) is 13.8 Å². The summed E-state index contributed by atoms with van der Waals surface area (Å²) in [5, 5.41) is 12.2. The average Bonchev–Trinajstić information content (AvgIpc) is 2.96. The fraction of sp³-hybridized carbons (Fsp3) is 0.211. The molecule has 1 heterocycles. The van der Waals surface area contributed by atoms with Gasteiger partial charge in [0.2, 0.25) is 0 Å². The van der Waals surface area contributed by atoms with Crippen molar-refractivity contribution in [1.82, 2.24) is 4.57 Å². The normalized spacial score (nSPS) is 11.9. The number of aliphatic hydroxyl groups excluding tert-OH is 1. The summed E-state index contributed by atoms with van der Waals surface area (Å²) in [5.41, 5.74) is 5.46. The van der Waals surface area contributed by atoms with Crippen molar-refractivity contribution in [3.8, 4) is 11.3 Å². The number of aryl methyl sites for hydroxylation is 1. The van der Waals surface area contributed by atoms with Gasteiger partial charge in [-0.3, -0.25) is 0 Å². The number of aliphatic hydroxyl groups is 1. The molecule has 0 aliphatic rings. The van der Waals surface area contributed by atoms with Crippen LogP contribution < -0.4 is 4.80 Å². The topological polar surface area (TPSA) is 37.5 Å². The molecule has 5 heteroatoms. The molecule has 0 bridgehead atoms. The number of aromatic nitrogens is 1. The Hall–Kier alpha value is -1.88. The highest BCUT2D eigenvalue weighted by atomic mass is 35.5. The van der Waals surface area contributed by atoms with E-state index < -0.39 is 0 Å². The molecular weight excluding hydrogens is 340 g/mol. The number of benzene rings is 2. The van der Waals surface area contributed by atoms with Gasteiger partial charge in [-0.1, -0.05) is 35.9 Å². The van der Waals surface area contributed by atoms with E-state index in [2.05, 4.69) is 29.9 Å². The second-order valence-electron chi connectivity index (χ2n) is 5.62. The molecule has 0 atom stereocenters. The molecule has 3 nitrogen and oxygen atoms in total. The second kappa shape index (κ2) is 7.34. The van der Waals surface area contributed by atoms with Crippen molar-refractivity contribution in [3.05, 3.63) is 68.8 Å². The molecule has 0 saturated heterocycles. The maximum absolute atomic E-state index is 9.46. The van der Waals surface area contributed by atoms with Gasteiger partial charge in [0.05, 0.1) is 18.0 Å². The molecule has 1 N–H and O–H groups in total. The fourth-order valence-corrected chi connectivity index (χ4v) is 3.62. The van der Waals surface area contributed by atoms with Gasteiger partial charge in [-0.25, -0.2) is 4.99 Å². The van der Waals surface area contributed by atoms with Crippen LogP contribution in [0.4, 0.5) is 5.69 Å². The summed E-state index contributed by atoms with van der Waals surface area (Å²) in [7, 11) is 0. The van der Waals surface area contributed by atoms with E-state index in [1.165, 1.54) is 11.1 Å². The lowest BCUT2D eigenvalue weighted by molar-refractivity contribution is 0.275. The van der Waals surface area contributed by atoms with Gasteiger partial charge < -0.3 is 9.67 Å². The molecule has 3 rings (SSSR count). The zero-order valence-corrected chi connectivity index (χ0v) is 15.2. The lowest BCUT2D eigenvalue weighted by Gasteiger charge is -2.08. The molecule has 3 aromatic rings. The van der Waals surface area contributed by atoms with Gasteiger partial charge in [-0.15, -0.1) is 11.3 Å². The number of hydrogen-bond donors (Lipinski definition) is 1. The van der Waals surface area contributed by atoms with E-state index in [1.54, 1.807) is 11.3 Å². The number of nitrogens with zero attached hydrogens (tertiary/aromatic N) is 2. The summed E-state index contributed by atoms with van der Waals surface area (Å²) < 4.78 is 2.05. The maximum Gasteiger partial charge on any atom is 0.190 e. The molecule has 0 aliphatic heterocycles. The van der Waals surface area contributed by atoms with Crippen molar-refractivity contribution in [1.29, 1.82) is 0 Å². The summed E-state index contributed by atoms with van der Waals surface area (Å²) in [6, 6.07) is 13.8. The minimum Gasteiger partial charge on any atom is -0.395 e. The van der Waals surface area contributed by atoms with E-state index in [9.17, 15) is 5.11 Å². The fourth-order valence-electron chi connectivity index (χ4n) is 2.55. The highest BCUT2D eigenvalue weighted by Gasteiger charge is 2.08. The first kappa shape index (κ1) is 17.0. The minimum atomic E-state index is 0.0668. The molecular formula is C19H19ClN2OS. The SMILES string of the molecule is Cc1cccc(N=c2scc(-c3ccc(Cl)cc3)n2CCO)c1C. The maximum atomic E-state index is 9.46. The van der Waals surface area contributed by atoms with Crippen LogP contribution in [0.15, 0.2) is 52.8 Å². The third-order valence-corrected chi connectivity index (χ3v) is 5.17. The molecule has 0 amide bonds. The predicted molar refractivity (Wildman–Crippen MR) is 101 cm³/mol. The lowest BCUT2D eigenvalue weighted by Crippen LogP contribution is -2.18. The molecule has 0 fully saturated rings. The van der Waals surface area contributed by atoms with Gasteiger partial charge in [0.1, 0.15) is 0 Å². The van der Waals surface area contributed by atoms with Crippen molar-refractivity contribution in [3.63, 3.8) is 0 Å². The van der Waals surface area contributed by atoms with Crippen molar-refractivity contribution in [2.45, 2.75) is 20.4 Å². The Morgan fingerprint density at radius 3 is 2.58 bits per heavy atom. The highest BCUT2D eigenvalue weighted by molar-refractivity contribution is 7.07. The Labute approximate surface area is 150 Å². The van der Waals surface area contributed by atoms with E-state index in [0.29, 0.717) is 11.6 Å². The standard InChI is InChI=1S/C19H19ClN2OS/c1-13-4-3-5-17(14(13)2)21-19-22(10-11-23)18(12-24-19)15-6-8-16(20)9-7-15/h3-9,12,23H,10-11H2,1-2H3. The van der Waals surface area contributed by atoms with Crippen LogP contribution in [0.1, 0.15) is 11.1 Å². The van der Waals surface area contributed by atoms with Gasteiger partial charge in [0, 0.05) is 16.9 Å². The Morgan fingerprint density at radius 2 is 1.88 bits per heavy atom. The molecule has 1 aromatic heterocycles. The zero-order chi connectivity index (χ0) is 17.1. The van der Waals surface area contributed by atoms with Crippen molar-refractivity contribution in [2.24, 2.45) is 4.99 Å². The predicted octanol–water partition coefficient (Wildman–Crippen LogP) is 4.71. The van der Waals surface area contributed by atoms with E-state index in [1.807, 2.05) is 36.4 Å². The molecule has 24 heavy (non-hydrogen) atoms. The Balaban J connectivity index is 2.14. The first-order valence-electron chi connectivity index (χ1n) is 7.76. The van der Waals surface area contributed by atoms with Crippen LogP contribution >= 0.6 is 22.9 Å². The van der Waals surface area contributed by atoms with Gasteiger partial charge in [0.15, 0.2) is 4.80 Å². The summed E-state index contributed by atoms with van der Waals surface area (Å²) >= 11 is 7.56. The van der Waals surface area contributed by atoms with Crippen LogP contribution in [-0.2, 0) is 6.54 Å². The monoisotopic (exact) mass is 358 g/mol. The largest absolute Gasteiger partial charge is 0.395 e. The molecule has 0 aliphatic carbocycles. The summed E-state index contributed by atoms with van der Waals surface area (Å²) in [4.78, 5) is 5.71. The van der Waals surface area contributed by atoms with Crippen molar-refractivity contribution >= 4 is 28.6 Å². The van der Waals surface area contributed by atoms with Crippen LogP contribution in [0.2, 0.25) is 5.02 Å². The zero-order valence-electron chi connectivity index (χ0n) is 13.7. The number of thiazole rings is 1. The lowest BCUT2D eigenvalue weighted by atomic mass is 10.1. The van der Waals surface area contributed by atoms with E-state index >= 15 is 0 Å². The molecule has 0 spiro atoms. The van der Waals surface area contributed by atoms with Crippen molar-refractivity contribution in [2.75, 3.05) is 6.61 Å². The minimum absolute atomic E-state index is 0.0668.